The number of nitrogens with one attached hydrogen (secondary N) is 2. The summed E-state index contributed by atoms with van der Waals surface area (Å²) in [7, 11) is 0. The molecule has 0 amide bonds. The fourth-order valence-electron chi connectivity index (χ4n) is 1.74. The van der Waals surface area contributed by atoms with Gasteiger partial charge in [-0.3, -0.25) is 0 Å². The summed E-state index contributed by atoms with van der Waals surface area (Å²) in [6.45, 7) is 2.25. The normalized spacial score (nSPS) is 25.3. The van der Waals surface area contributed by atoms with Gasteiger partial charge in [-0.1, -0.05) is 6.92 Å². The molecule has 0 saturated heterocycles. The Morgan fingerprint density at radius 2 is 2.07 bits per heavy atom. The molecule has 0 aromatic carbocycles. The van der Waals surface area contributed by atoms with E-state index >= 15 is 0 Å². The highest BCUT2D eigenvalue weighted by Gasteiger charge is 2.25. The predicted molar refractivity (Wildman–Crippen MR) is 55.7 cm³/mol. The molecule has 0 bridgehead atoms. The van der Waals surface area contributed by atoms with Crippen LogP contribution < -0.4 is 16.6 Å². The van der Waals surface area contributed by atoms with Crippen LogP contribution in [-0.2, 0) is 0 Å². The van der Waals surface area contributed by atoms with Crippen molar-refractivity contribution in [2.75, 3.05) is 10.7 Å². The summed E-state index contributed by atoms with van der Waals surface area (Å²) >= 11 is 0. The average Bonchev–Trinajstić information content (AvgIpc) is 2.16. The molecule has 1 aromatic heterocycles. The van der Waals surface area contributed by atoms with E-state index in [2.05, 4.69) is 27.6 Å². The van der Waals surface area contributed by atoms with Crippen LogP contribution >= 0.6 is 0 Å². The molecule has 1 aromatic rings. The minimum Gasteiger partial charge on any atom is -0.367 e. The SMILES string of the molecule is CC1CC(Nc2cc(NN)ncn2)C1. The van der Waals surface area contributed by atoms with Gasteiger partial charge in [-0.2, -0.15) is 0 Å². The van der Waals surface area contributed by atoms with Crippen LogP contribution in [0.25, 0.3) is 0 Å². The van der Waals surface area contributed by atoms with Gasteiger partial charge in [-0.15, -0.1) is 0 Å². The van der Waals surface area contributed by atoms with Crippen LogP contribution in [0, 0.1) is 5.92 Å². The van der Waals surface area contributed by atoms with Gasteiger partial charge in [0, 0.05) is 12.1 Å². The maximum atomic E-state index is 5.25. The van der Waals surface area contributed by atoms with Crippen LogP contribution in [0.1, 0.15) is 19.8 Å². The zero-order valence-corrected chi connectivity index (χ0v) is 8.20. The third-order valence-corrected chi connectivity index (χ3v) is 2.54. The Morgan fingerprint density at radius 1 is 1.36 bits per heavy atom. The number of aromatic nitrogens is 2. The summed E-state index contributed by atoms with van der Waals surface area (Å²) in [5.74, 6) is 7.56. The van der Waals surface area contributed by atoms with E-state index in [0.717, 1.165) is 11.7 Å². The Labute approximate surface area is 83.1 Å². The van der Waals surface area contributed by atoms with Crippen molar-refractivity contribution in [1.82, 2.24) is 9.97 Å². The molecule has 76 valence electrons. The number of nitrogens with two attached hydrogens (primary N) is 1. The second-order valence-electron chi connectivity index (χ2n) is 3.85. The molecule has 5 heteroatoms. The predicted octanol–water partition coefficient (Wildman–Crippen LogP) is 0.973. The number of hydrazine groups is 1. The maximum Gasteiger partial charge on any atom is 0.145 e. The lowest BCUT2D eigenvalue weighted by atomic mass is 9.82. The molecule has 0 radical (unpaired) electrons. The van der Waals surface area contributed by atoms with Gasteiger partial charge in [0.05, 0.1) is 0 Å². The minimum atomic E-state index is 0.561. The molecule has 1 saturated carbocycles. The fourth-order valence-corrected chi connectivity index (χ4v) is 1.74. The van der Waals surface area contributed by atoms with Gasteiger partial charge in [0.2, 0.25) is 0 Å². The molecular formula is C9H15N5. The van der Waals surface area contributed by atoms with Gasteiger partial charge in [0.1, 0.15) is 18.0 Å². The number of rotatable bonds is 3. The van der Waals surface area contributed by atoms with E-state index < -0.39 is 0 Å². The van der Waals surface area contributed by atoms with Crippen molar-refractivity contribution in [3.63, 3.8) is 0 Å². The van der Waals surface area contributed by atoms with E-state index in [0.29, 0.717) is 11.9 Å². The lowest BCUT2D eigenvalue weighted by Gasteiger charge is -2.33. The first-order valence-corrected chi connectivity index (χ1v) is 4.83. The molecule has 4 N–H and O–H groups in total. The first-order chi connectivity index (χ1) is 6.78. The zero-order valence-electron chi connectivity index (χ0n) is 8.20. The molecule has 1 fully saturated rings. The van der Waals surface area contributed by atoms with Crippen molar-refractivity contribution >= 4 is 11.6 Å². The lowest BCUT2D eigenvalue weighted by Crippen LogP contribution is -2.34. The zero-order chi connectivity index (χ0) is 9.97. The van der Waals surface area contributed by atoms with Crippen molar-refractivity contribution in [2.45, 2.75) is 25.8 Å². The average molecular weight is 193 g/mol. The molecule has 5 nitrogen and oxygen atoms in total. The highest BCUT2D eigenvalue weighted by Crippen LogP contribution is 2.28. The molecule has 1 heterocycles. The van der Waals surface area contributed by atoms with Crippen molar-refractivity contribution in [2.24, 2.45) is 11.8 Å². The molecule has 2 rings (SSSR count). The van der Waals surface area contributed by atoms with Gasteiger partial charge in [-0.25, -0.2) is 15.8 Å². The van der Waals surface area contributed by atoms with Crippen LogP contribution in [0.3, 0.4) is 0 Å². The Hall–Kier alpha value is -1.36. The van der Waals surface area contributed by atoms with Gasteiger partial charge < -0.3 is 10.7 Å². The molecule has 1 aliphatic rings. The third-order valence-electron chi connectivity index (χ3n) is 2.54. The number of anilines is 2. The van der Waals surface area contributed by atoms with Gasteiger partial charge in [0.15, 0.2) is 0 Å². The summed E-state index contributed by atoms with van der Waals surface area (Å²) in [6, 6.07) is 2.37. The second-order valence-corrected chi connectivity index (χ2v) is 3.85. The van der Waals surface area contributed by atoms with Crippen LogP contribution in [0.15, 0.2) is 12.4 Å². The van der Waals surface area contributed by atoms with E-state index in [1.807, 2.05) is 6.07 Å². The summed E-state index contributed by atoms with van der Waals surface area (Å²) in [4.78, 5) is 8.05. The number of nitrogen functional groups attached to an aromatic ring is 1. The Balaban J connectivity index is 1.95. The van der Waals surface area contributed by atoms with E-state index in [4.69, 9.17) is 5.84 Å². The van der Waals surface area contributed by atoms with Crippen LogP contribution in [-0.4, -0.2) is 16.0 Å². The molecular weight excluding hydrogens is 178 g/mol. The largest absolute Gasteiger partial charge is 0.367 e. The highest BCUT2D eigenvalue weighted by molar-refractivity contribution is 5.46. The van der Waals surface area contributed by atoms with Crippen LogP contribution in [0.5, 0.6) is 0 Å². The molecule has 0 aliphatic heterocycles. The topological polar surface area (TPSA) is 75.9 Å². The lowest BCUT2D eigenvalue weighted by molar-refractivity contribution is 0.308. The van der Waals surface area contributed by atoms with E-state index in [9.17, 15) is 0 Å². The van der Waals surface area contributed by atoms with Gasteiger partial charge in [-0.05, 0) is 18.8 Å². The first kappa shape index (κ1) is 9.21. The maximum absolute atomic E-state index is 5.25. The summed E-state index contributed by atoms with van der Waals surface area (Å²) < 4.78 is 0. The molecule has 14 heavy (non-hydrogen) atoms. The summed E-state index contributed by atoms with van der Waals surface area (Å²) in [5.41, 5.74) is 2.49. The number of hydrogen-bond donors (Lipinski definition) is 3. The molecule has 0 spiro atoms. The summed E-state index contributed by atoms with van der Waals surface area (Å²) in [5, 5.41) is 3.34. The molecule has 1 aliphatic carbocycles. The molecule has 0 unspecified atom stereocenters. The fraction of sp³-hybridized carbons (Fsp3) is 0.556. The van der Waals surface area contributed by atoms with E-state index in [1.54, 1.807) is 0 Å². The van der Waals surface area contributed by atoms with Crippen molar-refractivity contribution in [1.29, 1.82) is 0 Å². The first-order valence-electron chi connectivity index (χ1n) is 4.83. The molecule has 0 atom stereocenters. The van der Waals surface area contributed by atoms with E-state index in [-0.39, 0.29) is 0 Å². The Morgan fingerprint density at radius 3 is 2.71 bits per heavy atom. The third kappa shape index (κ3) is 1.93. The monoisotopic (exact) mass is 193 g/mol. The Bertz CT molecular complexity index is 308. The van der Waals surface area contributed by atoms with Crippen molar-refractivity contribution in [3.8, 4) is 0 Å². The highest BCUT2D eigenvalue weighted by atomic mass is 15.3. The van der Waals surface area contributed by atoms with Crippen molar-refractivity contribution < 1.29 is 0 Å². The summed E-state index contributed by atoms with van der Waals surface area (Å²) in [6.07, 6.45) is 3.93. The van der Waals surface area contributed by atoms with Crippen LogP contribution in [0.2, 0.25) is 0 Å². The Kier molecular flexibility index (Phi) is 2.49. The van der Waals surface area contributed by atoms with Gasteiger partial charge in [0.25, 0.3) is 0 Å². The van der Waals surface area contributed by atoms with Crippen molar-refractivity contribution in [3.05, 3.63) is 12.4 Å². The standard InChI is InChI=1S/C9H15N5/c1-6-2-7(3-6)13-8-4-9(14-10)12-5-11-8/h4-7H,2-3,10H2,1H3,(H2,11,12,13,14). The van der Waals surface area contributed by atoms with E-state index in [1.165, 1.54) is 19.2 Å². The quantitative estimate of drug-likeness (QED) is 0.492. The smallest absolute Gasteiger partial charge is 0.145 e. The number of hydrogen-bond acceptors (Lipinski definition) is 5. The second kappa shape index (κ2) is 3.79. The number of nitrogens with zero attached hydrogens (tertiary/aromatic N) is 2. The minimum absolute atomic E-state index is 0.561. The van der Waals surface area contributed by atoms with Gasteiger partial charge >= 0.3 is 0 Å². The van der Waals surface area contributed by atoms with Crippen LogP contribution in [0.4, 0.5) is 11.6 Å².